The molecule has 0 radical (unpaired) electrons. The second kappa shape index (κ2) is 5.46. The number of anilines is 1. The molecule has 1 heterocycles. The highest BCUT2D eigenvalue weighted by Gasteiger charge is 2.34. The van der Waals surface area contributed by atoms with Crippen molar-refractivity contribution >= 4 is 34.5 Å². The molecule has 1 aliphatic carbocycles. The lowest BCUT2D eigenvalue weighted by molar-refractivity contribution is 0.0732. The third kappa shape index (κ3) is 2.67. The maximum atomic E-state index is 12.7. The van der Waals surface area contributed by atoms with E-state index in [2.05, 4.69) is 0 Å². The van der Waals surface area contributed by atoms with Crippen LogP contribution in [0, 0.1) is 0 Å². The predicted octanol–water partition coefficient (Wildman–Crippen LogP) is 3.79. The van der Waals surface area contributed by atoms with Crippen LogP contribution in [0.1, 0.15) is 28.1 Å². The first-order valence-corrected chi connectivity index (χ1v) is 7.80. The van der Waals surface area contributed by atoms with Gasteiger partial charge in [0.25, 0.3) is 5.91 Å². The fraction of sp³-hybridized carbons (Fsp3) is 0.267. The number of hydrogen-bond donors (Lipinski definition) is 1. The summed E-state index contributed by atoms with van der Waals surface area (Å²) in [6.45, 7) is 0.645. The van der Waals surface area contributed by atoms with Crippen molar-refractivity contribution in [1.82, 2.24) is 4.90 Å². The van der Waals surface area contributed by atoms with Crippen molar-refractivity contribution in [3.63, 3.8) is 0 Å². The number of nitrogens with zero attached hydrogens (tertiary/aromatic N) is 1. The molecule has 3 nitrogen and oxygen atoms in total. The van der Waals surface area contributed by atoms with Crippen molar-refractivity contribution in [3.8, 4) is 0 Å². The average Bonchev–Trinajstić information content (AvgIpc) is 3.15. The summed E-state index contributed by atoms with van der Waals surface area (Å²) in [4.78, 5) is 15.8. The summed E-state index contributed by atoms with van der Waals surface area (Å²) in [5.74, 6) is -0.0294. The van der Waals surface area contributed by atoms with Crippen molar-refractivity contribution in [2.75, 3.05) is 5.73 Å². The Kier molecular flexibility index (Phi) is 3.68. The molecule has 1 amide bonds. The second-order valence-electron chi connectivity index (χ2n) is 4.95. The molecule has 0 spiro atoms. The first-order chi connectivity index (χ1) is 9.66. The van der Waals surface area contributed by atoms with Gasteiger partial charge < -0.3 is 10.6 Å². The Morgan fingerprint density at radius 2 is 2.15 bits per heavy atom. The Morgan fingerprint density at radius 1 is 1.35 bits per heavy atom. The molecule has 1 aromatic heterocycles. The number of rotatable bonds is 4. The number of carbonyl (C=O) groups excluding carboxylic acids is 1. The fourth-order valence-electron chi connectivity index (χ4n) is 2.19. The zero-order valence-corrected chi connectivity index (χ0v) is 12.5. The molecule has 0 aliphatic heterocycles. The smallest absolute Gasteiger partial charge is 0.256 e. The van der Waals surface area contributed by atoms with Gasteiger partial charge in [-0.2, -0.15) is 0 Å². The van der Waals surface area contributed by atoms with E-state index in [9.17, 15) is 4.79 Å². The highest BCUT2D eigenvalue weighted by Crippen LogP contribution is 2.33. The first-order valence-electron chi connectivity index (χ1n) is 6.54. The molecule has 0 atom stereocenters. The van der Waals surface area contributed by atoms with Gasteiger partial charge >= 0.3 is 0 Å². The number of hydrogen-bond acceptors (Lipinski definition) is 3. The molecular formula is C15H15ClN2OS. The van der Waals surface area contributed by atoms with Crippen LogP contribution in [0.3, 0.4) is 0 Å². The quantitative estimate of drug-likeness (QED) is 0.874. The minimum Gasteiger partial charge on any atom is -0.398 e. The summed E-state index contributed by atoms with van der Waals surface area (Å²) in [7, 11) is 0. The summed E-state index contributed by atoms with van der Waals surface area (Å²) in [5.41, 5.74) is 6.73. The van der Waals surface area contributed by atoms with Crippen molar-refractivity contribution in [2.45, 2.75) is 25.4 Å². The molecule has 20 heavy (non-hydrogen) atoms. The van der Waals surface area contributed by atoms with Crippen molar-refractivity contribution in [3.05, 3.63) is 51.2 Å². The SMILES string of the molecule is Nc1cccc(C(=O)N(Cc2cccs2)C2CC2)c1Cl. The van der Waals surface area contributed by atoms with Gasteiger partial charge in [-0.15, -0.1) is 11.3 Å². The molecule has 5 heteroatoms. The summed E-state index contributed by atoms with van der Waals surface area (Å²) >= 11 is 7.83. The topological polar surface area (TPSA) is 46.3 Å². The largest absolute Gasteiger partial charge is 0.398 e. The van der Waals surface area contributed by atoms with E-state index in [0.29, 0.717) is 28.9 Å². The third-order valence-electron chi connectivity index (χ3n) is 3.41. The van der Waals surface area contributed by atoms with Crippen molar-refractivity contribution in [1.29, 1.82) is 0 Å². The minimum atomic E-state index is -0.0294. The molecule has 1 fully saturated rings. The average molecular weight is 307 g/mol. The monoisotopic (exact) mass is 306 g/mol. The lowest BCUT2D eigenvalue weighted by Crippen LogP contribution is -2.32. The molecule has 2 N–H and O–H groups in total. The number of benzene rings is 1. The van der Waals surface area contributed by atoms with Crippen LogP contribution in [-0.2, 0) is 6.54 Å². The summed E-state index contributed by atoms with van der Waals surface area (Å²) in [6.07, 6.45) is 2.13. The zero-order chi connectivity index (χ0) is 14.1. The first kappa shape index (κ1) is 13.5. The molecule has 2 aromatic rings. The number of halogens is 1. The normalized spacial score (nSPS) is 14.2. The maximum Gasteiger partial charge on any atom is 0.256 e. The lowest BCUT2D eigenvalue weighted by atomic mass is 10.1. The standard InChI is InChI=1S/C15H15ClN2OS/c16-14-12(4-1-5-13(14)17)15(19)18(10-6-7-10)9-11-3-2-8-20-11/h1-5,8,10H,6-7,9,17H2. The van der Waals surface area contributed by atoms with Crippen molar-refractivity contribution in [2.24, 2.45) is 0 Å². The molecular weight excluding hydrogens is 292 g/mol. The second-order valence-corrected chi connectivity index (χ2v) is 6.36. The minimum absolute atomic E-state index is 0.0294. The van der Waals surface area contributed by atoms with Crippen molar-refractivity contribution < 1.29 is 4.79 Å². The number of carbonyl (C=O) groups is 1. The van der Waals surface area contributed by atoms with Crippen LogP contribution in [0.25, 0.3) is 0 Å². The van der Waals surface area contributed by atoms with Gasteiger partial charge in [-0.3, -0.25) is 4.79 Å². The van der Waals surface area contributed by atoms with Gasteiger partial charge in [-0.1, -0.05) is 23.7 Å². The number of thiophene rings is 1. The van der Waals surface area contributed by atoms with Crippen LogP contribution in [0.5, 0.6) is 0 Å². The van der Waals surface area contributed by atoms with Gasteiger partial charge in [0.1, 0.15) is 0 Å². The zero-order valence-electron chi connectivity index (χ0n) is 10.9. The van der Waals surface area contributed by atoms with Gasteiger partial charge in [-0.25, -0.2) is 0 Å². The van der Waals surface area contributed by atoms with E-state index in [-0.39, 0.29) is 5.91 Å². The van der Waals surface area contributed by atoms with Crippen LogP contribution in [0.2, 0.25) is 5.02 Å². The molecule has 104 valence electrons. The summed E-state index contributed by atoms with van der Waals surface area (Å²) in [5, 5.41) is 2.38. The predicted molar refractivity (Wildman–Crippen MR) is 83.1 cm³/mol. The molecule has 1 aromatic carbocycles. The van der Waals surface area contributed by atoms with Gasteiger partial charge in [0, 0.05) is 10.9 Å². The number of nitrogens with two attached hydrogens (primary N) is 1. The van der Waals surface area contributed by atoms with Gasteiger partial charge in [0.15, 0.2) is 0 Å². The molecule has 1 aliphatic rings. The number of amides is 1. The summed E-state index contributed by atoms with van der Waals surface area (Å²) in [6, 6.07) is 9.61. The van der Waals surface area contributed by atoms with Gasteiger partial charge in [0.05, 0.1) is 22.8 Å². The van der Waals surface area contributed by atoms with E-state index >= 15 is 0 Å². The van der Waals surface area contributed by atoms with Crippen LogP contribution >= 0.6 is 22.9 Å². The van der Waals surface area contributed by atoms with Crippen LogP contribution in [0.15, 0.2) is 35.7 Å². The van der Waals surface area contributed by atoms with Crippen LogP contribution < -0.4 is 5.73 Å². The summed E-state index contributed by atoms with van der Waals surface area (Å²) < 4.78 is 0. The Hall–Kier alpha value is -1.52. The van der Waals surface area contributed by atoms with Crippen LogP contribution in [-0.4, -0.2) is 16.8 Å². The van der Waals surface area contributed by atoms with Crippen LogP contribution in [0.4, 0.5) is 5.69 Å². The lowest BCUT2D eigenvalue weighted by Gasteiger charge is -2.22. The number of nitrogen functional groups attached to an aromatic ring is 1. The van der Waals surface area contributed by atoms with E-state index in [1.165, 1.54) is 4.88 Å². The van der Waals surface area contributed by atoms with E-state index in [1.54, 1.807) is 29.5 Å². The Morgan fingerprint density at radius 3 is 2.80 bits per heavy atom. The van der Waals surface area contributed by atoms with E-state index < -0.39 is 0 Å². The third-order valence-corrected chi connectivity index (χ3v) is 4.70. The molecule has 0 saturated heterocycles. The highest BCUT2D eigenvalue weighted by molar-refractivity contribution is 7.09. The Labute approximate surface area is 127 Å². The van der Waals surface area contributed by atoms with Gasteiger partial charge in [0.2, 0.25) is 0 Å². The maximum absolute atomic E-state index is 12.7. The highest BCUT2D eigenvalue weighted by atomic mass is 35.5. The molecule has 3 rings (SSSR count). The van der Waals surface area contributed by atoms with E-state index in [1.807, 2.05) is 22.4 Å². The van der Waals surface area contributed by atoms with E-state index in [4.69, 9.17) is 17.3 Å². The Bertz CT molecular complexity index is 623. The van der Waals surface area contributed by atoms with Gasteiger partial charge in [-0.05, 0) is 36.4 Å². The van der Waals surface area contributed by atoms with E-state index in [0.717, 1.165) is 12.8 Å². The fourth-order valence-corrected chi connectivity index (χ4v) is 3.10. The molecule has 0 unspecified atom stereocenters. The molecule has 0 bridgehead atoms. The molecule has 1 saturated carbocycles. The Balaban J connectivity index is 1.87.